The summed E-state index contributed by atoms with van der Waals surface area (Å²) in [5.74, 6) is 0. The van der Waals surface area contributed by atoms with Crippen LogP contribution in [0.4, 0.5) is 0 Å². The number of nitrogens with one attached hydrogen (secondary N) is 1. The maximum Gasteiger partial charge on any atom is 0.160 e. The van der Waals surface area contributed by atoms with Crippen LogP contribution in [0.15, 0.2) is 17.5 Å². The number of aromatic nitrogens is 2. The molecule has 1 atom stereocenters. The molecule has 0 saturated heterocycles. The van der Waals surface area contributed by atoms with Gasteiger partial charge in [-0.2, -0.15) is 5.10 Å². The zero-order valence-electron chi connectivity index (χ0n) is 5.32. The number of aromatic amines is 1. The molecule has 0 amide bonds. The van der Waals surface area contributed by atoms with Crippen LogP contribution >= 0.6 is 0 Å². The van der Waals surface area contributed by atoms with Gasteiger partial charge in [-0.1, -0.05) is 5.16 Å². The van der Waals surface area contributed by atoms with E-state index in [1.54, 1.807) is 12.4 Å². The van der Waals surface area contributed by atoms with Crippen molar-refractivity contribution in [1.82, 2.24) is 10.2 Å². The minimum absolute atomic E-state index is 0.0822. The van der Waals surface area contributed by atoms with E-state index in [9.17, 15) is 0 Å². The van der Waals surface area contributed by atoms with E-state index < -0.39 is 0 Å². The molecule has 0 spiro atoms. The Kier molecular flexibility index (Phi) is 1.16. The smallest absolute Gasteiger partial charge is 0.160 e. The van der Waals surface area contributed by atoms with Gasteiger partial charge in [-0.05, 0) is 0 Å². The summed E-state index contributed by atoms with van der Waals surface area (Å²) in [6.07, 6.45) is 6.26. The zero-order chi connectivity index (χ0) is 6.81. The van der Waals surface area contributed by atoms with Crippen molar-refractivity contribution in [3.8, 4) is 0 Å². The lowest BCUT2D eigenvalue weighted by Crippen LogP contribution is -1.92. The molecule has 0 aromatic carbocycles. The summed E-state index contributed by atoms with van der Waals surface area (Å²) in [7, 11) is 0. The molecule has 0 saturated carbocycles. The Morgan fingerprint density at radius 2 is 2.70 bits per heavy atom. The van der Waals surface area contributed by atoms with E-state index in [0.29, 0.717) is 0 Å². The summed E-state index contributed by atoms with van der Waals surface area (Å²) in [6, 6.07) is 0. The fourth-order valence-electron chi connectivity index (χ4n) is 0.932. The summed E-state index contributed by atoms with van der Waals surface area (Å²) in [5, 5.41) is 10.2. The highest BCUT2D eigenvalue weighted by Gasteiger charge is 2.15. The second-order valence-electron chi connectivity index (χ2n) is 2.15. The SMILES string of the molecule is C1=NOC(c2cn[nH]c2)C1. The highest BCUT2D eigenvalue weighted by atomic mass is 16.6. The molecule has 0 aliphatic carbocycles. The molecule has 0 radical (unpaired) electrons. The number of oxime groups is 1. The first-order valence-electron chi connectivity index (χ1n) is 3.13. The monoisotopic (exact) mass is 137 g/mol. The predicted molar refractivity (Wildman–Crippen MR) is 35.5 cm³/mol. The Balaban J connectivity index is 2.14. The standard InChI is InChI=1S/C6H7N3O/c1-2-9-10-6(1)5-3-7-8-4-5/h2-4,6H,1H2,(H,7,8). The lowest BCUT2D eigenvalue weighted by atomic mass is 10.2. The highest BCUT2D eigenvalue weighted by Crippen LogP contribution is 2.22. The van der Waals surface area contributed by atoms with E-state index in [1.807, 2.05) is 6.20 Å². The average Bonchev–Trinajstić information content (AvgIpc) is 2.59. The fraction of sp³-hybridized carbons (Fsp3) is 0.333. The second kappa shape index (κ2) is 2.13. The molecule has 1 N–H and O–H groups in total. The van der Waals surface area contributed by atoms with Crippen molar-refractivity contribution in [2.75, 3.05) is 0 Å². The van der Waals surface area contributed by atoms with E-state index in [2.05, 4.69) is 15.4 Å². The largest absolute Gasteiger partial charge is 0.387 e. The quantitative estimate of drug-likeness (QED) is 0.624. The third-order valence-corrected chi connectivity index (χ3v) is 1.47. The Morgan fingerprint density at radius 3 is 3.30 bits per heavy atom. The maximum atomic E-state index is 5.01. The molecule has 1 aliphatic heterocycles. The summed E-state index contributed by atoms with van der Waals surface area (Å²) < 4.78 is 0. The second-order valence-corrected chi connectivity index (χ2v) is 2.15. The molecule has 1 unspecified atom stereocenters. The van der Waals surface area contributed by atoms with Crippen molar-refractivity contribution in [3.05, 3.63) is 18.0 Å². The number of rotatable bonds is 1. The Morgan fingerprint density at radius 1 is 1.70 bits per heavy atom. The van der Waals surface area contributed by atoms with E-state index in [4.69, 9.17) is 4.84 Å². The first-order valence-corrected chi connectivity index (χ1v) is 3.13. The van der Waals surface area contributed by atoms with Gasteiger partial charge in [0.2, 0.25) is 0 Å². The summed E-state index contributed by atoms with van der Waals surface area (Å²) in [4.78, 5) is 5.01. The lowest BCUT2D eigenvalue weighted by Gasteiger charge is -2.02. The van der Waals surface area contributed by atoms with Crippen LogP contribution in [-0.4, -0.2) is 16.4 Å². The van der Waals surface area contributed by atoms with Gasteiger partial charge in [-0.25, -0.2) is 0 Å². The number of hydrogen-bond donors (Lipinski definition) is 1. The van der Waals surface area contributed by atoms with Crippen LogP contribution < -0.4 is 0 Å². The van der Waals surface area contributed by atoms with E-state index in [-0.39, 0.29) is 6.10 Å². The number of hydrogen-bond acceptors (Lipinski definition) is 3. The van der Waals surface area contributed by atoms with Crippen molar-refractivity contribution < 1.29 is 4.84 Å². The number of nitrogens with zero attached hydrogens (tertiary/aromatic N) is 2. The van der Waals surface area contributed by atoms with Gasteiger partial charge in [-0.15, -0.1) is 0 Å². The molecule has 0 fully saturated rings. The molecular formula is C6H7N3O. The van der Waals surface area contributed by atoms with Crippen LogP contribution in [0.2, 0.25) is 0 Å². The third kappa shape index (κ3) is 0.775. The molecule has 4 nitrogen and oxygen atoms in total. The lowest BCUT2D eigenvalue weighted by molar-refractivity contribution is 0.0858. The average molecular weight is 137 g/mol. The Labute approximate surface area is 57.9 Å². The molecule has 2 rings (SSSR count). The van der Waals surface area contributed by atoms with Gasteiger partial charge in [0, 0.05) is 24.4 Å². The van der Waals surface area contributed by atoms with E-state index in [0.717, 1.165) is 12.0 Å². The fourth-order valence-corrected chi connectivity index (χ4v) is 0.932. The van der Waals surface area contributed by atoms with Crippen molar-refractivity contribution >= 4 is 6.21 Å². The molecule has 4 heteroatoms. The van der Waals surface area contributed by atoms with Crippen LogP contribution in [0.1, 0.15) is 18.1 Å². The minimum atomic E-state index is 0.0822. The predicted octanol–water partition coefficient (Wildman–Crippen LogP) is 0.857. The van der Waals surface area contributed by atoms with E-state index >= 15 is 0 Å². The minimum Gasteiger partial charge on any atom is -0.387 e. The van der Waals surface area contributed by atoms with Crippen LogP contribution in [-0.2, 0) is 4.84 Å². The van der Waals surface area contributed by atoms with Crippen LogP contribution in [0, 0.1) is 0 Å². The van der Waals surface area contributed by atoms with Crippen molar-refractivity contribution in [2.24, 2.45) is 5.16 Å². The topological polar surface area (TPSA) is 50.3 Å². The van der Waals surface area contributed by atoms with Gasteiger partial charge < -0.3 is 4.84 Å². The number of H-pyrrole nitrogens is 1. The van der Waals surface area contributed by atoms with Gasteiger partial charge >= 0.3 is 0 Å². The van der Waals surface area contributed by atoms with Crippen molar-refractivity contribution in [3.63, 3.8) is 0 Å². The van der Waals surface area contributed by atoms with Crippen molar-refractivity contribution in [1.29, 1.82) is 0 Å². The molecule has 10 heavy (non-hydrogen) atoms. The summed E-state index contributed by atoms with van der Waals surface area (Å²) >= 11 is 0. The van der Waals surface area contributed by atoms with Gasteiger partial charge in [0.25, 0.3) is 0 Å². The van der Waals surface area contributed by atoms with Crippen LogP contribution in [0.25, 0.3) is 0 Å². The van der Waals surface area contributed by atoms with Gasteiger partial charge in [0.15, 0.2) is 6.10 Å². The van der Waals surface area contributed by atoms with Crippen molar-refractivity contribution in [2.45, 2.75) is 12.5 Å². The Hall–Kier alpha value is -1.32. The third-order valence-electron chi connectivity index (χ3n) is 1.47. The zero-order valence-corrected chi connectivity index (χ0v) is 5.32. The Bertz CT molecular complexity index is 221. The highest BCUT2D eigenvalue weighted by molar-refractivity contribution is 5.59. The van der Waals surface area contributed by atoms with Gasteiger partial charge in [0.05, 0.1) is 6.20 Å². The molecule has 1 aromatic rings. The first kappa shape index (κ1) is 5.46. The summed E-state index contributed by atoms with van der Waals surface area (Å²) in [5.41, 5.74) is 1.05. The molecule has 1 aromatic heterocycles. The molecular weight excluding hydrogens is 130 g/mol. The first-order chi connectivity index (χ1) is 4.97. The van der Waals surface area contributed by atoms with Gasteiger partial charge in [-0.3, -0.25) is 5.10 Å². The molecule has 2 heterocycles. The van der Waals surface area contributed by atoms with Crippen LogP contribution in [0.5, 0.6) is 0 Å². The maximum absolute atomic E-state index is 5.01. The van der Waals surface area contributed by atoms with Crippen LogP contribution in [0.3, 0.4) is 0 Å². The normalized spacial score (nSPS) is 23.0. The molecule has 0 bridgehead atoms. The summed E-state index contributed by atoms with van der Waals surface area (Å²) in [6.45, 7) is 0. The molecule has 1 aliphatic rings. The van der Waals surface area contributed by atoms with E-state index in [1.165, 1.54) is 0 Å². The van der Waals surface area contributed by atoms with Gasteiger partial charge in [0.1, 0.15) is 0 Å². The molecule has 52 valence electrons.